The molecule has 2 atom stereocenters. The molecule has 2 unspecified atom stereocenters. The minimum atomic E-state index is -1.80. The summed E-state index contributed by atoms with van der Waals surface area (Å²) in [5.41, 5.74) is 2.55. The van der Waals surface area contributed by atoms with Crippen LogP contribution in [0.5, 0.6) is 5.75 Å². The number of carbonyl (C=O) groups excluding carboxylic acids is 3. The van der Waals surface area contributed by atoms with E-state index in [4.69, 9.17) is 4.74 Å². The highest BCUT2D eigenvalue weighted by Crippen LogP contribution is 2.41. The summed E-state index contributed by atoms with van der Waals surface area (Å²) in [6.07, 6.45) is 0.0272. The van der Waals surface area contributed by atoms with E-state index in [2.05, 4.69) is 5.32 Å². The number of nitrogens with one attached hydrogen (secondary N) is 1. The molecule has 2 amide bonds. The average molecular weight is 480 g/mol. The van der Waals surface area contributed by atoms with Crippen LogP contribution in [0, 0.1) is 6.92 Å². The maximum atomic E-state index is 13.5. The van der Waals surface area contributed by atoms with E-state index in [9.17, 15) is 18.6 Å². The fourth-order valence-electron chi connectivity index (χ4n) is 3.57. The van der Waals surface area contributed by atoms with Crippen LogP contribution in [0.4, 0.5) is 4.79 Å². The Kier molecular flexibility index (Phi) is 6.49. The second-order valence-corrected chi connectivity index (χ2v) is 10.8. The Morgan fingerprint density at radius 1 is 1.00 bits per heavy atom. The van der Waals surface area contributed by atoms with Gasteiger partial charge in [-0.3, -0.25) is 23.9 Å². The van der Waals surface area contributed by atoms with E-state index >= 15 is 0 Å². The van der Waals surface area contributed by atoms with E-state index in [1.54, 1.807) is 67.8 Å². The van der Waals surface area contributed by atoms with Crippen LogP contribution < -0.4 is 10.1 Å². The van der Waals surface area contributed by atoms with Gasteiger partial charge in [0.2, 0.25) is 0 Å². The van der Waals surface area contributed by atoms with Crippen molar-refractivity contribution in [3.63, 3.8) is 0 Å². The molecular weight excluding hydrogens is 458 g/mol. The van der Waals surface area contributed by atoms with Gasteiger partial charge in [0.15, 0.2) is 9.86 Å². The van der Waals surface area contributed by atoms with Crippen LogP contribution in [0.25, 0.3) is 0 Å². The van der Waals surface area contributed by atoms with E-state index in [1.807, 2.05) is 19.1 Å². The molecule has 0 aliphatic carbocycles. The molecule has 0 saturated carbocycles. The van der Waals surface area contributed by atoms with Crippen molar-refractivity contribution in [3.8, 4) is 5.75 Å². The van der Waals surface area contributed by atoms with Crippen molar-refractivity contribution in [2.45, 2.75) is 22.3 Å². The van der Waals surface area contributed by atoms with Gasteiger partial charge in [-0.05, 0) is 66.7 Å². The predicted octanol–water partition coefficient (Wildman–Crippen LogP) is 4.26. The van der Waals surface area contributed by atoms with Crippen LogP contribution in [-0.4, -0.2) is 32.3 Å². The number of benzene rings is 3. The number of amides is 2. The number of ketones is 1. The lowest BCUT2D eigenvalue weighted by molar-refractivity contribution is -0.119. The van der Waals surface area contributed by atoms with Gasteiger partial charge in [-0.15, -0.1) is 0 Å². The fourth-order valence-corrected chi connectivity index (χ4v) is 6.49. The molecule has 4 rings (SSSR count). The van der Waals surface area contributed by atoms with Crippen LogP contribution in [0.15, 0.2) is 77.7 Å². The zero-order valence-electron chi connectivity index (χ0n) is 18.0. The minimum absolute atomic E-state index is 0.0272. The third-order valence-corrected chi connectivity index (χ3v) is 8.61. The Labute approximate surface area is 198 Å². The Morgan fingerprint density at radius 3 is 2.30 bits per heavy atom. The van der Waals surface area contributed by atoms with Crippen LogP contribution in [-0.2, 0) is 22.0 Å². The highest BCUT2D eigenvalue weighted by Gasteiger charge is 2.53. The molecule has 6 nitrogen and oxygen atoms in total. The van der Waals surface area contributed by atoms with Crippen molar-refractivity contribution in [1.82, 2.24) is 5.32 Å². The summed E-state index contributed by atoms with van der Waals surface area (Å²) in [6, 6.07) is 20.7. The maximum Gasteiger partial charge on any atom is 0.287 e. The first kappa shape index (κ1) is 22.9. The molecule has 1 heterocycles. The quantitative estimate of drug-likeness (QED) is 0.509. The number of ether oxygens (including phenoxy) is 1. The molecule has 0 spiro atoms. The largest absolute Gasteiger partial charge is 0.497 e. The number of carbonyl (C=O) groups is 3. The molecule has 3 aromatic carbocycles. The molecular formula is C25H21NO5S2. The molecule has 0 radical (unpaired) electrons. The summed E-state index contributed by atoms with van der Waals surface area (Å²) in [4.78, 5) is 38.4. The summed E-state index contributed by atoms with van der Waals surface area (Å²) in [5, 5.41) is 1.74. The highest BCUT2D eigenvalue weighted by molar-refractivity contribution is 8.24. The lowest BCUT2D eigenvalue weighted by atomic mass is 9.99. The average Bonchev–Trinajstić information content (AvgIpc) is 3.12. The molecule has 1 saturated heterocycles. The molecule has 3 aromatic rings. The van der Waals surface area contributed by atoms with E-state index in [1.165, 1.54) is 0 Å². The van der Waals surface area contributed by atoms with Crippen LogP contribution in [0.3, 0.4) is 0 Å². The molecule has 0 bridgehead atoms. The smallest absolute Gasteiger partial charge is 0.287 e. The van der Waals surface area contributed by atoms with Crippen LogP contribution in [0.2, 0.25) is 0 Å². The number of thioether (sulfide) groups is 1. The van der Waals surface area contributed by atoms with E-state index < -0.39 is 26.0 Å². The van der Waals surface area contributed by atoms with Crippen molar-refractivity contribution in [3.05, 3.63) is 95.1 Å². The van der Waals surface area contributed by atoms with Gasteiger partial charge >= 0.3 is 0 Å². The molecule has 1 fully saturated rings. The summed E-state index contributed by atoms with van der Waals surface area (Å²) in [6.45, 7) is 1.91. The lowest BCUT2D eigenvalue weighted by Gasteiger charge is -2.24. The molecule has 8 heteroatoms. The van der Waals surface area contributed by atoms with Crippen LogP contribution >= 0.6 is 11.8 Å². The van der Waals surface area contributed by atoms with Crippen molar-refractivity contribution in [1.29, 1.82) is 0 Å². The van der Waals surface area contributed by atoms with Crippen molar-refractivity contribution < 1.29 is 23.3 Å². The summed E-state index contributed by atoms with van der Waals surface area (Å²) in [5.74, 6) is -0.133. The Hall–Kier alpha value is -3.23. The van der Waals surface area contributed by atoms with Gasteiger partial charge < -0.3 is 4.74 Å². The lowest BCUT2D eigenvalue weighted by Crippen LogP contribution is -2.42. The first-order valence-corrected chi connectivity index (χ1v) is 12.1. The maximum absolute atomic E-state index is 13.5. The van der Waals surface area contributed by atoms with Gasteiger partial charge in [0.1, 0.15) is 5.75 Å². The molecule has 33 heavy (non-hydrogen) atoms. The Morgan fingerprint density at radius 2 is 1.70 bits per heavy atom. The van der Waals surface area contributed by atoms with Gasteiger partial charge in [0.05, 0.1) is 17.9 Å². The van der Waals surface area contributed by atoms with E-state index in [0.29, 0.717) is 27.3 Å². The minimum Gasteiger partial charge on any atom is -0.497 e. The molecule has 1 N–H and O–H groups in total. The zero-order valence-corrected chi connectivity index (χ0v) is 19.6. The monoisotopic (exact) mass is 479 g/mol. The number of hydrogen-bond donors (Lipinski definition) is 1. The molecule has 1 aliphatic heterocycles. The molecule has 0 aromatic heterocycles. The first-order valence-electron chi connectivity index (χ1n) is 10.1. The Bertz CT molecular complexity index is 1250. The van der Waals surface area contributed by atoms with Gasteiger partial charge in [-0.25, -0.2) is 0 Å². The second kappa shape index (κ2) is 9.33. The number of methoxy groups -OCH3 is 1. The van der Waals surface area contributed by atoms with Gasteiger partial charge in [0.25, 0.3) is 11.1 Å². The topological polar surface area (TPSA) is 89.5 Å². The van der Waals surface area contributed by atoms with Crippen molar-refractivity contribution in [2.24, 2.45) is 0 Å². The fraction of sp³-hybridized carbons (Fsp3) is 0.160. The molecule has 168 valence electrons. The first-order chi connectivity index (χ1) is 15.8. The third kappa shape index (κ3) is 4.62. The van der Waals surface area contributed by atoms with E-state index in [0.717, 1.165) is 17.3 Å². The number of hydrogen-bond acceptors (Lipinski definition) is 6. The summed E-state index contributed by atoms with van der Waals surface area (Å²) >= 11 is 0.739. The van der Waals surface area contributed by atoms with Crippen molar-refractivity contribution >= 4 is 39.5 Å². The third-order valence-electron chi connectivity index (χ3n) is 5.33. The summed E-state index contributed by atoms with van der Waals surface area (Å²) in [7, 11) is -0.249. The second-order valence-electron chi connectivity index (χ2n) is 7.61. The Balaban J connectivity index is 1.66. The van der Waals surface area contributed by atoms with Gasteiger partial charge in [-0.2, -0.15) is 0 Å². The predicted molar refractivity (Wildman–Crippen MR) is 128 cm³/mol. The standard InChI is InChI=1S/C25H21NO5S2/c1-16-6-12-21(13-7-16)33(30)25(23(28)26-24(29)32-25)15-17-4-3-5-19(14-17)22(27)18-8-10-20(31-2)11-9-18/h3-14H,15H2,1-2H3,(H,26,28,29). The van der Waals surface area contributed by atoms with E-state index in [-0.39, 0.29) is 12.2 Å². The van der Waals surface area contributed by atoms with Crippen molar-refractivity contribution in [2.75, 3.05) is 7.11 Å². The van der Waals surface area contributed by atoms with Crippen LogP contribution in [0.1, 0.15) is 27.0 Å². The van der Waals surface area contributed by atoms with Gasteiger partial charge in [0, 0.05) is 22.4 Å². The number of aryl methyl sites for hydroxylation is 1. The number of imide groups is 1. The number of rotatable bonds is 7. The summed E-state index contributed by atoms with van der Waals surface area (Å²) < 4.78 is 17.2. The normalized spacial score (nSPS) is 18.6. The highest BCUT2D eigenvalue weighted by atomic mass is 32.2. The van der Waals surface area contributed by atoms with Gasteiger partial charge in [-0.1, -0.05) is 35.9 Å². The SMILES string of the molecule is COc1ccc(C(=O)c2cccc(CC3(S(=O)c4ccc(C)cc4)SC(=O)NC3=O)c2)cc1. The zero-order chi connectivity index (χ0) is 23.6. The molecule has 1 aliphatic rings.